The highest BCUT2D eigenvalue weighted by atomic mass is 31.2. The summed E-state index contributed by atoms with van der Waals surface area (Å²) in [6.07, 6.45) is 6.16. The molecular formula is C49H43F12N12O7P. The van der Waals surface area contributed by atoms with Crippen molar-refractivity contribution in [1.82, 2.24) is 59.1 Å². The van der Waals surface area contributed by atoms with Crippen molar-refractivity contribution in [3.05, 3.63) is 180 Å². The molecule has 0 fully saturated rings. The van der Waals surface area contributed by atoms with Crippen molar-refractivity contribution in [3.8, 4) is 11.5 Å². The third-order valence-corrected chi connectivity index (χ3v) is 11.9. The Kier molecular flexibility index (Phi) is 19.3. The molecule has 0 spiro atoms. The Hall–Kier alpha value is -8.25. The summed E-state index contributed by atoms with van der Waals surface area (Å²) in [6, 6.07) is 16.9. The van der Waals surface area contributed by atoms with Gasteiger partial charge in [-0.1, -0.05) is 48.6 Å². The number of rotatable bonds is 25. The number of nitrogens with zero attached hydrogens (tertiary/aromatic N) is 12. The van der Waals surface area contributed by atoms with E-state index in [2.05, 4.69) is 40.3 Å². The maximum atomic E-state index is 15.0. The van der Waals surface area contributed by atoms with Gasteiger partial charge >= 0.3 is 32.5 Å². The molecule has 19 nitrogen and oxygen atoms in total. The summed E-state index contributed by atoms with van der Waals surface area (Å²) in [6.45, 7) is -3.90. The van der Waals surface area contributed by atoms with Crippen molar-refractivity contribution in [2.45, 2.75) is 62.1 Å². The lowest BCUT2D eigenvalue weighted by Crippen LogP contribution is -2.40. The zero-order valence-corrected chi connectivity index (χ0v) is 42.4. The van der Waals surface area contributed by atoms with E-state index in [1.165, 1.54) is 115 Å². The average Bonchev–Trinajstić information content (AvgIpc) is 4.40. The molecule has 0 bridgehead atoms. The highest BCUT2D eigenvalue weighted by Gasteiger charge is 2.45. The molecule has 0 saturated carbocycles. The molecule has 32 heteroatoms. The molecule has 8 aromatic rings. The zero-order valence-electron chi connectivity index (χ0n) is 41.5. The molecule has 0 aliphatic heterocycles. The van der Waals surface area contributed by atoms with Gasteiger partial charge in [-0.15, -0.1) is 0 Å². The fourth-order valence-corrected chi connectivity index (χ4v) is 8.18. The van der Waals surface area contributed by atoms with Gasteiger partial charge in [-0.05, 0) is 59.7 Å². The molecule has 0 radical (unpaired) electrons. The van der Waals surface area contributed by atoms with E-state index in [1.807, 2.05) is 0 Å². The van der Waals surface area contributed by atoms with Crippen molar-refractivity contribution >= 4 is 32.1 Å². The first-order chi connectivity index (χ1) is 38.3. The summed E-state index contributed by atoms with van der Waals surface area (Å²) in [5, 5.41) is 16.5. The van der Waals surface area contributed by atoms with E-state index in [0.29, 0.717) is 17.2 Å². The van der Waals surface area contributed by atoms with E-state index < -0.39 is 98.9 Å². The second-order valence-electron chi connectivity index (χ2n) is 17.3. The van der Waals surface area contributed by atoms with Crippen LogP contribution in [-0.2, 0) is 51.2 Å². The van der Waals surface area contributed by atoms with Crippen LogP contribution in [0.2, 0.25) is 0 Å². The zero-order chi connectivity index (χ0) is 58.6. The van der Waals surface area contributed by atoms with E-state index in [4.69, 9.17) is 18.7 Å². The molecule has 4 aromatic heterocycles. The molecule has 0 aliphatic carbocycles. The first kappa shape index (κ1) is 60.4. The Morgan fingerprint density at radius 2 is 0.951 bits per heavy atom. The lowest BCUT2D eigenvalue weighted by atomic mass is 9.92. The second kappa shape index (κ2) is 25.9. The highest BCUT2D eigenvalue weighted by Crippen LogP contribution is 2.48. The largest absolute Gasteiger partial charge is 0.487 e. The van der Waals surface area contributed by atoms with E-state index >= 15 is 0 Å². The minimum Gasteiger partial charge on any atom is -0.487 e. The molecule has 81 heavy (non-hydrogen) atoms. The van der Waals surface area contributed by atoms with Gasteiger partial charge in [0.05, 0.1) is 26.2 Å². The molecule has 2 atom stereocenters. The molecule has 2 N–H and O–H groups in total. The van der Waals surface area contributed by atoms with Crippen LogP contribution in [0.25, 0.3) is 24.3 Å². The smallest absolute Gasteiger partial charge is 0.470 e. The minimum atomic E-state index is -5.30. The SMILES string of the molecule is COC(Cn1cncn1)(Cn1cnc(/C=C/c2ccc(OCC(F)(F)C(F)F)cc2)n1)c1ccc(F)cc1F.O=P(O)(O)OC(Cn1cncn1)(Cn1cnc(/C=C/c2ccc(OCC(F)(F)C(F)F)cc2)n1)c1ccc(F)cc1F. The number of alkyl halides is 8. The van der Waals surface area contributed by atoms with E-state index in [0.717, 1.165) is 40.0 Å². The number of phosphoric acid groups is 1. The summed E-state index contributed by atoms with van der Waals surface area (Å²) in [5.74, 6) is -11.8. The number of halogens is 12. The highest BCUT2D eigenvalue weighted by molar-refractivity contribution is 7.46. The van der Waals surface area contributed by atoms with Gasteiger partial charge in [0, 0.05) is 30.4 Å². The van der Waals surface area contributed by atoms with Crippen molar-refractivity contribution in [2.24, 2.45) is 0 Å². The fourth-order valence-electron chi connectivity index (χ4n) is 7.51. The molecule has 4 heterocycles. The minimum absolute atomic E-state index is 0.00573. The number of benzene rings is 4. The first-order valence-electron chi connectivity index (χ1n) is 23.1. The Bertz CT molecular complexity index is 3410. The molecule has 430 valence electrons. The summed E-state index contributed by atoms with van der Waals surface area (Å²) < 4.78 is 196. The van der Waals surface area contributed by atoms with Crippen LogP contribution in [0.3, 0.4) is 0 Å². The molecule has 8 rings (SSSR count). The maximum absolute atomic E-state index is 15.0. The number of phosphoric ester groups is 1. The number of hydrogen-bond donors (Lipinski definition) is 2. The van der Waals surface area contributed by atoms with Gasteiger partial charge < -0.3 is 24.0 Å². The van der Waals surface area contributed by atoms with Crippen molar-refractivity contribution in [3.63, 3.8) is 0 Å². The summed E-state index contributed by atoms with van der Waals surface area (Å²) in [7, 11) is -3.91. The molecule has 2 unspecified atom stereocenters. The third-order valence-electron chi connectivity index (χ3n) is 11.4. The predicted molar refractivity (Wildman–Crippen MR) is 260 cm³/mol. The normalized spacial score (nSPS) is 13.9. The summed E-state index contributed by atoms with van der Waals surface area (Å²) in [5.41, 5.74) is -2.68. The summed E-state index contributed by atoms with van der Waals surface area (Å²) >= 11 is 0. The van der Waals surface area contributed by atoms with Crippen LogP contribution in [0.4, 0.5) is 52.7 Å². The van der Waals surface area contributed by atoms with Gasteiger partial charge in [-0.25, -0.2) is 78.4 Å². The van der Waals surface area contributed by atoms with Gasteiger partial charge in [0.1, 0.15) is 83.9 Å². The van der Waals surface area contributed by atoms with Crippen LogP contribution in [0.15, 0.2) is 123 Å². The third kappa shape index (κ3) is 16.7. The standard InChI is InChI=1S/C25H22F6N6O2.C24H21F6N6O5P/c1-38-24(11-36-15-32-14-34-36,20-8-5-18(26)10-21(20)27)12-37-16-33-22(35-37)9-4-17-2-6-19(7-3-17)39-13-25(30,31)23(28)29;25-17-4-7-19(20(26)9-17)23(41-42(37,38)39,10-35-14-31-13-33-35)11-36-15-32-21(34-36)8-3-16-1-5-18(6-2-16)40-12-24(29,30)22(27)28/h2-10,14-16,23H,11-13H2,1H3;1-9,13-15,22H,10-12H2,(H2,37,38,39)/b9-4+;8-3+. The van der Waals surface area contributed by atoms with E-state index in [9.17, 15) is 67.0 Å². The van der Waals surface area contributed by atoms with Crippen LogP contribution >= 0.6 is 7.82 Å². The molecule has 0 amide bonds. The topological polar surface area (TPSA) is 217 Å². The van der Waals surface area contributed by atoms with Gasteiger partial charge in [-0.2, -0.15) is 38.0 Å². The van der Waals surface area contributed by atoms with Gasteiger partial charge in [0.25, 0.3) is 0 Å². The van der Waals surface area contributed by atoms with E-state index in [1.54, 1.807) is 12.2 Å². The summed E-state index contributed by atoms with van der Waals surface area (Å²) in [4.78, 5) is 35.4. The first-order valence-corrected chi connectivity index (χ1v) is 24.7. The van der Waals surface area contributed by atoms with Gasteiger partial charge in [-0.3, -0.25) is 4.52 Å². The Morgan fingerprint density at radius 3 is 1.32 bits per heavy atom. The number of aromatic nitrogens is 12. The number of methoxy groups -OCH3 is 1. The molecule has 0 saturated heterocycles. The Balaban J connectivity index is 0.000000234. The van der Waals surface area contributed by atoms with Crippen LogP contribution in [-0.4, -0.2) is 114 Å². The lowest BCUT2D eigenvalue weighted by molar-refractivity contribution is -0.148. The Morgan fingerprint density at radius 1 is 0.556 bits per heavy atom. The van der Waals surface area contributed by atoms with Crippen LogP contribution in [0.1, 0.15) is 33.9 Å². The van der Waals surface area contributed by atoms with Crippen LogP contribution < -0.4 is 9.47 Å². The van der Waals surface area contributed by atoms with Gasteiger partial charge in [0.15, 0.2) is 24.9 Å². The monoisotopic (exact) mass is 1170 g/mol. The quantitative estimate of drug-likeness (QED) is 0.0403. The van der Waals surface area contributed by atoms with Crippen molar-refractivity contribution < 1.29 is 85.8 Å². The molecule has 0 aliphatic rings. The maximum Gasteiger partial charge on any atom is 0.470 e. The van der Waals surface area contributed by atoms with E-state index in [-0.39, 0.29) is 41.8 Å². The van der Waals surface area contributed by atoms with Crippen molar-refractivity contribution in [1.29, 1.82) is 0 Å². The average molecular weight is 1170 g/mol. The Labute approximate surface area is 450 Å². The fraction of sp³-hybridized carbons (Fsp3) is 0.265. The van der Waals surface area contributed by atoms with Gasteiger partial charge in [0.2, 0.25) is 0 Å². The van der Waals surface area contributed by atoms with Crippen molar-refractivity contribution in [2.75, 3.05) is 20.3 Å². The van der Waals surface area contributed by atoms with Crippen LogP contribution in [0, 0.1) is 23.3 Å². The molecule has 4 aromatic carbocycles. The second-order valence-corrected chi connectivity index (χ2v) is 18.5. The number of hydrogen-bond acceptors (Lipinski definition) is 13. The van der Waals surface area contributed by atoms with Crippen LogP contribution in [0.5, 0.6) is 11.5 Å². The molecular weight excluding hydrogens is 1130 g/mol. The predicted octanol–water partition coefficient (Wildman–Crippen LogP) is 9.14. The number of ether oxygens (including phenoxy) is 3. The lowest BCUT2D eigenvalue weighted by Gasteiger charge is -2.34.